The summed E-state index contributed by atoms with van der Waals surface area (Å²) in [6.07, 6.45) is -0.489. The Morgan fingerprint density at radius 3 is 2.62 bits per heavy atom. The number of ether oxygens (including phenoxy) is 1. The van der Waals surface area contributed by atoms with E-state index in [2.05, 4.69) is 10.6 Å². The van der Waals surface area contributed by atoms with E-state index in [1.54, 1.807) is 0 Å². The number of sulfonamides is 1. The fourth-order valence-electron chi connectivity index (χ4n) is 2.68. The first kappa shape index (κ1) is 23.1. The van der Waals surface area contributed by atoms with Gasteiger partial charge in [0.1, 0.15) is 22.8 Å². The molecular formula is C17H24F2N4O5S. The number of nitrogens with one attached hydrogen (secondary N) is 2. The fourth-order valence-corrected chi connectivity index (χ4v) is 4.27. The number of halogens is 2. The Balaban J connectivity index is 1.95. The van der Waals surface area contributed by atoms with Gasteiger partial charge in [-0.2, -0.15) is 4.31 Å². The molecule has 0 aromatic heterocycles. The minimum atomic E-state index is -4.40. The Hall–Kier alpha value is -2.15. The van der Waals surface area contributed by atoms with Crippen molar-refractivity contribution >= 4 is 21.8 Å². The largest absolute Gasteiger partial charge is 0.359 e. The molecule has 29 heavy (non-hydrogen) atoms. The predicted molar refractivity (Wildman–Crippen MR) is 99.2 cm³/mol. The van der Waals surface area contributed by atoms with E-state index in [-0.39, 0.29) is 19.7 Å². The summed E-state index contributed by atoms with van der Waals surface area (Å²) in [6.45, 7) is 0.633. The lowest BCUT2D eigenvalue weighted by molar-refractivity contribution is -0.139. The second-order valence-electron chi connectivity index (χ2n) is 6.64. The van der Waals surface area contributed by atoms with Crippen LogP contribution in [0.2, 0.25) is 0 Å². The van der Waals surface area contributed by atoms with Gasteiger partial charge in [0.05, 0.1) is 13.2 Å². The van der Waals surface area contributed by atoms with Gasteiger partial charge in [0.25, 0.3) is 0 Å². The summed E-state index contributed by atoms with van der Waals surface area (Å²) in [5.41, 5.74) is 0. The lowest BCUT2D eigenvalue weighted by atomic mass is 10.3. The van der Waals surface area contributed by atoms with Crippen LogP contribution < -0.4 is 10.6 Å². The van der Waals surface area contributed by atoms with Gasteiger partial charge in [0.15, 0.2) is 0 Å². The van der Waals surface area contributed by atoms with E-state index in [1.807, 2.05) is 19.0 Å². The lowest BCUT2D eigenvalue weighted by Crippen LogP contribution is -2.47. The minimum Gasteiger partial charge on any atom is -0.359 e. The minimum absolute atomic E-state index is 0.00737. The number of hydrogen-bond acceptors (Lipinski definition) is 6. The first-order chi connectivity index (χ1) is 13.6. The zero-order chi connectivity index (χ0) is 21.6. The molecule has 1 aromatic rings. The molecule has 1 aromatic carbocycles. The number of benzene rings is 1. The van der Waals surface area contributed by atoms with Crippen LogP contribution in [0.15, 0.2) is 23.1 Å². The molecule has 9 nitrogen and oxygen atoms in total. The van der Waals surface area contributed by atoms with Crippen LogP contribution in [0.25, 0.3) is 0 Å². The third-order valence-corrected chi connectivity index (χ3v) is 6.04. The quantitative estimate of drug-likeness (QED) is 0.422. The molecule has 1 saturated heterocycles. The molecule has 2 N–H and O–H groups in total. The molecule has 1 heterocycles. The van der Waals surface area contributed by atoms with E-state index in [0.29, 0.717) is 19.0 Å². The van der Waals surface area contributed by atoms with Crippen molar-refractivity contribution in [1.82, 2.24) is 19.8 Å². The van der Waals surface area contributed by atoms with E-state index in [9.17, 15) is 26.8 Å². The molecule has 0 saturated carbocycles. The van der Waals surface area contributed by atoms with Crippen LogP contribution in [-0.2, 0) is 24.3 Å². The number of carbonyl (C=O) groups is 2. The van der Waals surface area contributed by atoms with Crippen LogP contribution in [0.1, 0.15) is 6.42 Å². The predicted octanol–water partition coefficient (Wildman–Crippen LogP) is -0.504. The highest BCUT2D eigenvalue weighted by Gasteiger charge is 2.38. The van der Waals surface area contributed by atoms with Crippen LogP contribution in [0.3, 0.4) is 0 Å². The number of rotatable bonds is 8. The summed E-state index contributed by atoms with van der Waals surface area (Å²) >= 11 is 0. The van der Waals surface area contributed by atoms with Gasteiger partial charge in [0.2, 0.25) is 10.0 Å². The number of carbonyl (C=O) groups excluding carboxylic acids is 2. The Morgan fingerprint density at radius 1 is 1.24 bits per heavy atom. The van der Waals surface area contributed by atoms with E-state index in [0.717, 1.165) is 23.0 Å². The summed E-state index contributed by atoms with van der Waals surface area (Å²) in [5.74, 6) is -3.80. The lowest BCUT2D eigenvalue weighted by Gasteiger charge is -2.23. The zero-order valence-corrected chi connectivity index (χ0v) is 17.0. The van der Waals surface area contributed by atoms with Crippen molar-refractivity contribution in [3.8, 4) is 0 Å². The van der Waals surface area contributed by atoms with Crippen LogP contribution in [0.5, 0.6) is 0 Å². The van der Waals surface area contributed by atoms with Gasteiger partial charge in [-0.1, -0.05) is 0 Å². The Bertz CT molecular complexity index is 850. The fraction of sp³-hybridized carbons (Fsp3) is 0.529. The number of amides is 2. The smallest absolute Gasteiger partial charge is 0.309 e. The van der Waals surface area contributed by atoms with E-state index in [4.69, 9.17) is 4.74 Å². The third kappa shape index (κ3) is 6.16. The average molecular weight is 434 g/mol. The highest BCUT2D eigenvalue weighted by Crippen LogP contribution is 2.24. The molecule has 1 aliphatic rings. The molecule has 0 bridgehead atoms. The van der Waals surface area contributed by atoms with Gasteiger partial charge in [0, 0.05) is 13.1 Å². The molecule has 0 aliphatic carbocycles. The highest BCUT2D eigenvalue weighted by atomic mass is 32.2. The summed E-state index contributed by atoms with van der Waals surface area (Å²) < 4.78 is 58.8. The average Bonchev–Trinajstić information content (AvgIpc) is 3.14. The van der Waals surface area contributed by atoms with Crippen molar-refractivity contribution in [2.75, 3.05) is 46.9 Å². The molecule has 0 spiro atoms. The summed E-state index contributed by atoms with van der Waals surface area (Å²) in [6, 6.07) is 2.11. The summed E-state index contributed by atoms with van der Waals surface area (Å²) in [7, 11) is -0.637. The van der Waals surface area contributed by atoms with Gasteiger partial charge in [-0.05, 0) is 45.3 Å². The van der Waals surface area contributed by atoms with Gasteiger partial charge in [-0.15, -0.1) is 0 Å². The molecule has 2 rings (SSSR count). The van der Waals surface area contributed by atoms with Crippen molar-refractivity contribution in [2.45, 2.75) is 17.5 Å². The van der Waals surface area contributed by atoms with Gasteiger partial charge >= 0.3 is 11.8 Å². The van der Waals surface area contributed by atoms with Crippen LogP contribution in [-0.4, -0.2) is 82.5 Å². The standard InChI is InChI=1S/C17H24F2N4O5S/c1-22(2)7-3-6-20-16(24)17(25)21-11-15-23(8-9-28-15)29(26,27)14-10-12(18)4-5-13(14)19/h4-5,10,15H,3,6-9,11H2,1-2H3,(H,20,24)(H,21,25)/t15-/m1/s1. The van der Waals surface area contributed by atoms with Crippen molar-refractivity contribution in [1.29, 1.82) is 0 Å². The van der Waals surface area contributed by atoms with Crippen molar-refractivity contribution in [3.63, 3.8) is 0 Å². The van der Waals surface area contributed by atoms with Crippen molar-refractivity contribution in [2.24, 2.45) is 0 Å². The monoisotopic (exact) mass is 434 g/mol. The maximum Gasteiger partial charge on any atom is 0.309 e. The second-order valence-corrected chi connectivity index (χ2v) is 8.50. The molecule has 2 amide bonds. The molecule has 0 radical (unpaired) electrons. The van der Waals surface area contributed by atoms with Crippen LogP contribution >= 0.6 is 0 Å². The van der Waals surface area contributed by atoms with E-state index < -0.39 is 44.6 Å². The molecule has 12 heteroatoms. The highest BCUT2D eigenvalue weighted by molar-refractivity contribution is 7.89. The first-order valence-corrected chi connectivity index (χ1v) is 10.4. The van der Waals surface area contributed by atoms with E-state index in [1.165, 1.54) is 0 Å². The zero-order valence-electron chi connectivity index (χ0n) is 16.2. The number of hydrogen-bond donors (Lipinski definition) is 2. The van der Waals surface area contributed by atoms with Gasteiger partial charge in [-0.25, -0.2) is 17.2 Å². The van der Waals surface area contributed by atoms with Gasteiger partial charge < -0.3 is 20.3 Å². The summed E-state index contributed by atoms with van der Waals surface area (Å²) in [4.78, 5) is 24.8. The van der Waals surface area contributed by atoms with Crippen molar-refractivity contribution in [3.05, 3.63) is 29.8 Å². The maximum atomic E-state index is 13.9. The molecule has 1 aliphatic heterocycles. The second kappa shape index (κ2) is 10.1. The van der Waals surface area contributed by atoms with Crippen LogP contribution in [0, 0.1) is 11.6 Å². The molecule has 162 valence electrons. The van der Waals surface area contributed by atoms with Crippen LogP contribution in [0.4, 0.5) is 8.78 Å². The molecule has 1 atom stereocenters. The normalized spacial score (nSPS) is 17.5. The molecule has 0 unspecified atom stereocenters. The van der Waals surface area contributed by atoms with Gasteiger partial charge in [-0.3, -0.25) is 9.59 Å². The summed E-state index contributed by atoms with van der Waals surface area (Å²) in [5, 5.41) is 4.75. The Morgan fingerprint density at radius 2 is 1.93 bits per heavy atom. The Labute approximate surface area is 168 Å². The first-order valence-electron chi connectivity index (χ1n) is 8.92. The topological polar surface area (TPSA) is 108 Å². The number of nitrogens with zero attached hydrogens (tertiary/aromatic N) is 2. The Kier molecular flexibility index (Phi) is 8.02. The SMILES string of the molecule is CN(C)CCCNC(=O)C(=O)NC[C@H]1OCCN1S(=O)(=O)c1cc(F)ccc1F. The molecular weight excluding hydrogens is 410 g/mol. The van der Waals surface area contributed by atoms with E-state index >= 15 is 0 Å². The third-order valence-electron chi connectivity index (χ3n) is 4.13. The molecule has 1 fully saturated rings. The van der Waals surface area contributed by atoms with Crippen molar-refractivity contribution < 1.29 is 31.5 Å². The maximum absolute atomic E-state index is 13.9.